The van der Waals surface area contributed by atoms with E-state index in [1.54, 1.807) is 48.8 Å². The molecule has 5 aliphatic rings. The zero-order chi connectivity index (χ0) is 43.5. The van der Waals surface area contributed by atoms with Crippen molar-refractivity contribution >= 4 is 47.0 Å². The second-order valence-corrected chi connectivity index (χ2v) is 17.9. The number of carbonyl (C=O) groups is 5. The number of nitrogens with one attached hydrogen (secondary N) is 2. The number of carbonyl (C=O) groups excluding carboxylic acids is 5. The second kappa shape index (κ2) is 18.8. The number of benzene rings is 2. The molecule has 8 rings (SSSR count). The Kier molecular flexibility index (Phi) is 13.1. The normalized spacial score (nSPS) is 24.5. The highest BCUT2D eigenvalue weighted by Crippen LogP contribution is 2.34. The number of hydrogen-bond acceptors (Lipinski definition) is 12. The first-order valence-corrected chi connectivity index (χ1v) is 22.3. The number of nitrogens with zero attached hydrogens (tertiary/aromatic N) is 6. The Hall–Kier alpha value is -5.59. The van der Waals surface area contributed by atoms with Gasteiger partial charge >= 0.3 is 0 Å². The van der Waals surface area contributed by atoms with Crippen LogP contribution in [-0.4, -0.2) is 105 Å². The van der Waals surface area contributed by atoms with Crippen LogP contribution in [-0.2, 0) is 9.59 Å². The summed E-state index contributed by atoms with van der Waals surface area (Å²) in [5, 5.41) is 14.8. The molecule has 3 aromatic rings. The minimum Gasteiger partial charge on any atom is -0.490 e. The first-order valence-electron chi connectivity index (χ1n) is 22.0. The lowest BCUT2D eigenvalue weighted by Gasteiger charge is -2.42. The molecule has 0 spiro atoms. The summed E-state index contributed by atoms with van der Waals surface area (Å²) in [4.78, 5) is 78.6. The fourth-order valence-electron chi connectivity index (χ4n) is 9.67. The molecule has 5 amide bonds. The third-order valence-corrected chi connectivity index (χ3v) is 13.5. The molecule has 3 aliphatic heterocycles. The number of rotatable bonds is 12. The molecular weight excluding hydrogens is 812 g/mol. The molecule has 1 unspecified atom stereocenters. The summed E-state index contributed by atoms with van der Waals surface area (Å²) in [6, 6.07) is 11.9. The van der Waals surface area contributed by atoms with Gasteiger partial charge < -0.3 is 19.7 Å². The SMILES string of the molecule is CC(C)N(CC1CCN(c2cnc(C(=O)NC3CCC(Oc4ccc(C#N)c(Cl)c4)CC3)cn2)CC1)C1CCC(Oc2ccc3c(c2)C(=O)N(C2CCC(=O)NC2=O)C3=O)CC1. The van der Waals surface area contributed by atoms with Crippen LogP contribution in [0.25, 0.3) is 0 Å². The predicted molar refractivity (Wildman–Crippen MR) is 229 cm³/mol. The molecule has 1 atom stereocenters. The second-order valence-electron chi connectivity index (χ2n) is 17.5. The Bertz CT molecular complexity index is 2220. The average molecular weight is 865 g/mol. The van der Waals surface area contributed by atoms with E-state index in [1.165, 1.54) is 0 Å². The number of piperidine rings is 2. The van der Waals surface area contributed by atoms with Crippen LogP contribution in [0, 0.1) is 17.2 Å². The van der Waals surface area contributed by atoms with Crippen LogP contribution in [0.2, 0.25) is 5.02 Å². The zero-order valence-corrected chi connectivity index (χ0v) is 35.9. The van der Waals surface area contributed by atoms with Crippen molar-refractivity contribution in [3.8, 4) is 17.6 Å². The van der Waals surface area contributed by atoms with Crippen LogP contribution in [0.15, 0.2) is 48.8 Å². The molecule has 1 aromatic heterocycles. The van der Waals surface area contributed by atoms with Gasteiger partial charge in [0.15, 0.2) is 0 Å². The molecule has 326 valence electrons. The van der Waals surface area contributed by atoms with E-state index in [0.717, 1.165) is 94.6 Å². The number of hydrogen-bond donors (Lipinski definition) is 2. The smallest absolute Gasteiger partial charge is 0.271 e. The molecule has 4 fully saturated rings. The van der Waals surface area contributed by atoms with E-state index in [4.69, 9.17) is 26.3 Å². The zero-order valence-electron chi connectivity index (χ0n) is 35.2. The molecule has 15 nitrogen and oxygen atoms in total. The van der Waals surface area contributed by atoms with Crippen LogP contribution >= 0.6 is 11.6 Å². The van der Waals surface area contributed by atoms with Gasteiger partial charge in [-0.2, -0.15) is 5.26 Å². The number of halogens is 1. The van der Waals surface area contributed by atoms with Gasteiger partial charge in [-0.1, -0.05) is 11.6 Å². The van der Waals surface area contributed by atoms with Crippen molar-refractivity contribution in [3.05, 3.63) is 76.2 Å². The largest absolute Gasteiger partial charge is 0.490 e. The monoisotopic (exact) mass is 864 g/mol. The first kappa shape index (κ1) is 43.1. The van der Waals surface area contributed by atoms with Gasteiger partial charge in [-0.05, 0) is 121 Å². The van der Waals surface area contributed by atoms with Crippen molar-refractivity contribution in [1.82, 2.24) is 30.4 Å². The molecule has 0 bridgehead atoms. The van der Waals surface area contributed by atoms with Gasteiger partial charge in [0.25, 0.3) is 17.7 Å². The summed E-state index contributed by atoms with van der Waals surface area (Å²) in [6.07, 6.45) is 12.4. The van der Waals surface area contributed by atoms with Crippen LogP contribution in [0.1, 0.15) is 128 Å². The van der Waals surface area contributed by atoms with Crippen molar-refractivity contribution in [2.45, 2.75) is 127 Å². The summed E-state index contributed by atoms with van der Waals surface area (Å²) in [5.41, 5.74) is 1.19. The van der Waals surface area contributed by atoms with E-state index in [2.05, 4.69) is 50.3 Å². The van der Waals surface area contributed by atoms with E-state index in [0.29, 0.717) is 45.8 Å². The molecule has 16 heteroatoms. The molecule has 2 aliphatic carbocycles. The minimum atomic E-state index is -1.00. The quantitative estimate of drug-likeness (QED) is 0.208. The van der Waals surface area contributed by atoms with Crippen molar-refractivity contribution in [2.24, 2.45) is 5.92 Å². The molecule has 2 saturated heterocycles. The molecule has 2 aromatic carbocycles. The summed E-state index contributed by atoms with van der Waals surface area (Å²) in [5.74, 6) is 0.185. The lowest BCUT2D eigenvalue weighted by atomic mass is 9.89. The van der Waals surface area contributed by atoms with Crippen LogP contribution < -0.4 is 25.0 Å². The van der Waals surface area contributed by atoms with Gasteiger partial charge in [-0.3, -0.25) is 39.1 Å². The molecule has 2 N–H and O–H groups in total. The third-order valence-electron chi connectivity index (χ3n) is 13.1. The fourth-order valence-corrected chi connectivity index (χ4v) is 9.89. The van der Waals surface area contributed by atoms with Crippen molar-refractivity contribution in [2.75, 3.05) is 24.5 Å². The fraction of sp³-hybridized carbons (Fsp3) is 0.522. The Morgan fingerprint density at radius 2 is 1.53 bits per heavy atom. The third kappa shape index (κ3) is 9.56. The van der Waals surface area contributed by atoms with Gasteiger partial charge in [0.05, 0.1) is 46.3 Å². The minimum absolute atomic E-state index is 0.0125. The molecular formula is C46H53ClN8O7. The van der Waals surface area contributed by atoms with Gasteiger partial charge in [0.2, 0.25) is 11.8 Å². The molecule has 0 radical (unpaired) electrons. The van der Waals surface area contributed by atoms with Gasteiger partial charge in [-0.25, -0.2) is 9.97 Å². The Labute approximate surface area is 366 Å². The molecule has 2 saturated carbocycles. The Balaban J connectivity index is 0.760. The molecule has 62 heavy (non-hydrogen) atoms. The number of fused-ring (bicyclic) bond motifs is 1. The number of imide groups is 2. The number of amides is 5. The van der Waals surface area contributed by atoms with Crippen molar-refractivity contribution in [1.29, 1.82) is 5.26 Å². The van der Waals surface area contributed by atoms with E-state index in [-0.39, 0.29) is 48.1 Å². The number of nitriles is 1. The lowest BCUT2D eigenvalue weighted by Crippen LogP contribution is -2.54. The van der Waals surface area contributed by atoms with Crippen LogP contribution in [0.4, 0.5) is 5.82 Å². The van der Waals surface area contributed by atoms with Crippen LogP contribution in [0.3, 0.4) is 0 Å². The topological polar surface area (TPSA) is 187 Å². The number of anilines is 1. The Morgan fingerprint density at radius 3 is 2.16 bits per heavy atom. The molecule has 4 heterocycles. The summed E-state index contributed by atoms with van der Waals surface area (Å²) in [6.45, 7) is 7.30. The highest BCUT2D eigenvalue weighted by Gasteiger charge is 2.45. The summed E-state index contributed by atoms with van der Waals surface area (Å²) in [7, 11) is 0. The predicted octanol–water partition coefficient (Wildman–Crippen LogP) is 5.84. The summed E-state index contributed by atoms with van der Waals surface area (Å²) >= 11 is 6.16. The number of aromatic nitrogens is 2. The Morgan fingerprint density at radius 1 is 0.871 bits per heavy atom. The van der Waals surface area contributed by atoms with Gasteiger partial charge in [0.1, 0.15) is 35.1 Å². The van der Waals surface area contributed by atoms with Crippen LogP contribution in [0.5, 0.6) is 11.5 Å². The highest BCUT2D eigenvalue weighted by molar-refractivity contribution is 6.31. The maximum atomic E-state index is 13.3. The van der Waals surface area contributed by atoms with Gasteiger partial charge in [-0.15, -0.1) is 0 Å². The number of ether oxygens (including phenoxy) is 2. The van der Waals surface area contributed by atoms with Crippen molar-refractivity contribution < 1.29 is 33.4 Å². The standard InChI is InChI=1S/C46H53ClN8O7/c1-27(2)54(31-6-11-33(12-7-31)61-34-13-14-36-37(21-34)46(60)55(45(36)59)40-15-16-42(56)52-44(40)58)26-28-17-19-53(20-18-28)41-25-49-39(24-50-41)43(57)51-30-4-9-32(10-5-30)62-35-8-3-29(23-48)38(47)22-35/h3,8,13-14,21-22,24-25,27-28,30-33,40H,4-7,9-12,15-20,26H2,1-2H3,(H,51,57)(H,52,56,58). The lowest BCUT2D eigenvalue weighted by molar-refractivity contribution is -0.136. The van der Waals surface area contributed by atoms with E-state index in [1.807, 2.05) is 0 Å². The maximum absolute atomic E-state index is 13.3. The highest BCUT2D eigenvalue weighted by atomic mass is 35.5. The van der Waals surface area contributed by atoms with E-state index >= 15 is 0 Å². The van der Waals surface area contributed by atoms with Gasteiger partial charge in [0, 0.05) is 50.2 Å². The first-order chi connectivity index (χ1) is 29.9. The van der Waals surface area contributed by atoms with E-state index < -0.39 is 29.7 Å². The van der Waals surface area contributed by atoms with Crippen molar-refractivity contribution in [3.63, 3.8) is 0 Å². The average Bonchev–Trinajstić information content (AvgIpc) is 3.51. The maximum Gasteiger partial charge on any atom is 0.271 e. The summed E-state index contributed by atoms with van der Waals surface area (Å²) < 4.78 is 12.5. The van der Waals surface area contributed by atoms with E-state index in [9.17, 15) is 24.0 Å².